The molecule has 1 saturated heterocycles. The molecule has 0 spiro atoms. The third kappa shape index (κ3) is 1.53. The van der Waals surface area contributed by atoms with Crippen molar-refractivity contribution in [1.82, 2.24) is 14.9 Å². The van der Waals surface area contributed by atoms with Crippen molar-refractivity contribution in [3.8, 4) is 5.88 Å². The van der Waals surface area contributed by atoms with Crippen molar-refractivity contribution in [2.75, 3.05) is 18.5 Å². The molecule has 3 heterocycles. The number of hydrogen-bond acceptors (Lipinski definition) is 6. The van der Waals surface area contributed by atoms with Gasteiger partial charge in [0.05, 0.1) is 6.54 Å². The number of rotatable bonds is 1. The number of ether oxygens (including phenoxy) is 2. The number of fused-ring (bicyclic) bond motifs is 1. The van der Waals surface area contributed by atoms with Gasteiger partial charge in [0, 0.05) is 12.4 Å². The molecule has 17 heavy (non-hydrogen) atoms. The Hall–Kier alpha value is -2.38. The number of hydrogen-bond donors (Lipinski definition) is 1. The number of aromatic nitrogens is 2. The maximum Gasteiger partial charge on any atom is 0.413 e. The molecule has 8 heteroatoms. The molecule has 0 aliphatic carbocycles. The van der Waals surface area contributed by atoms with E-state index in [-0.39, 0.29) is 18.3 Å². The zero-order valence-electron chi connectivity index (χ0n) is 8.62. The van der Waals surface area contributed by atoms with E-state index in [0.29, 0.717) is 6.54 Å². The molecule has 1 aromatic rings. The van der Waals surface area contributed by atoms with Crippen molar-refractivity contribution in [3.63, 3.8) is 0 Å². The van der Waals surface area contributed by atoms with Crippen molar-refractivity contribution >= 4 is 17.8 Å². The summed E-state index contributed by atoms with van der Waals surface area (Å²) in [6.45, 7) is 0.561. The van der Waals surface area contributed by atoms with Crippen LogP contribution in [0.5, 0.6) is 5.88 Å². The van der Waals surface area contributed by atoms with Gasteiger partial charge in [-0.3, -0.25) is 9.69 Å². The first-order valence-corrected chi connectivity index (χ1v) is 4.97. The lowest BCUT2D eigenvalue weighted by Gasteiger charge is -2.28. The van der Waals surface area contributed by atoms with E-state index in [2.05, 4.69) is 15.3 Å². The Labute approximate surface area is 95.5 Å². The van der Waals surface area contributed by atoms with Gasteiger partial charge in [-0.2, -0.15) is 0 Å². The molecule has 1 N–H and O–H groups in total. The Bertz CT molecular complexity index is 492. The van der Waals surface area contributed by atoms with Crippen LogP contribution in [0.4, 0.5) is 10.6 Å². The van der Waals surface area contributed by atoms with Crippen LogP contribution in [0.2, 0.25) is 0 Å². The molecule has 1 unspecified atom stereocenters. The average Bonchev–Trinajstić information content (AvgIpc) is 2.74. The molecule has 0 bridgehead atoms. The zero-order chi connectivity index (χ0) is 11.8. The quantitative estimate of drug-likeness (QED) is 0.712. The van der Waals surface area contributed by atoms with Crippen LogP contribution in [-0.4, -0.2) is 46.2 Å². The summed E-state index contributed by atoms with van der Waals surface area (Å²) in [6.07, 6.45) is 1.26. The highest BCUT2D eigenvalue weighted by Gasteiger charge is 2.40. The van der Waals surface area contributed by atoms with E-state index in [1.54, 1.807) is 0 Å². The Kier molecular flexibility index (Phi) is 2.07. The third-order valence-corrected chi connectivity index (χ3v) is 2.43. The molecule has 0 aromatic carbocycles. The number of nitrogens with zero attached hydrogens (tertiary/aromatic N) is 3. The second-order valence-electron chi connectivity index (χ2n) is 3.48. The highest BCUT2D eigenvalue weighted by molar-refractivity contribution is 5.97. The topological polar surface area (TPSA) is 93.7 Å². The lowest BCUT2D eigenvalue weighted by Crippen LogP contribution is -2.50. The normalized spacial score (nSPS) is 22.6. The smallest absolute Gasteiger partial charge is 0.413 e. The summed E-state index contributed by atoms with van der Waals surface area (Å²) < 4.78 is 10.1. The minimum absolute atomic E-state index is 0.191. The first kappa shape index (κ1) is 9.82. The van der Waals surface area contributed by atoms with Gasteiger partial charge in [-0.05, 0) is 0 Å². The van der Waals surface area contributed by atoms with E-state index in [0.717, 1.165) is 0 Å². The predicted octanol–water partition coefficient (Wildman–Crippen LogP) is -0.414. The molecule has 3 rings (SSSR count). The fraction of sp³-hybridized carbons (Fsp3) is 0.333. The molecule has 2 aliphatic heterocycles. The fourth-order valence-electron chi connectivity index (χ4n) is 1.66. The van der Waals surface area contributed by atoms with E-state index in [1.807, 2.05) is 0 Å². The van der Waals surface area contributed by atoms with Crippen LogP contribution >= 0.6 is 0 Å². The van der Waals surface area contributed by atoms with E-state index in [9.17, 15) is 9.59 Å². The van der Waals surface area contributed by atoms with Gasteiger partial charge in [-0.25, -0.2) is 14.8 Å². The van der Waals surface area contributed by atoms with Crippen LogP contribution in [0.3, 0.4) is 0 Å². The third-order valence-electron chi connectivity index (χ3n) is 2.43. The zero-order valence-corrected chi connectivity index (χ0v) is 8.62. The van der Waals surface area contributed by atoms with Crippen LogP contribution in [0.1, 0.15) is 0 Å². The molecule has 2 amide bonds. The largest absolute Gasteiger partial charge is 0.447 e. The van der Waals surface area contributed by atoms with E-state index < -0.39 is 18.2 Å². The van der Waals surface area contributed by atoms with Gasteiger partial charge in [-0.1, -0.05) is 0 Å². The van der Waals surface area contributed by atoms with Crippen LogP contribution in [-0.2, 0) is 9.53 Å². The number of nitrogens with one attached hydrogen (secondary N) is 1. The van der Waals surface area contributed by atoms with Crippen molar-refractivity contribution in [1.29, 1.82) is 0 Å². The summed E-state index contributed by atoms with van der Waals surface area (Å²) >= 11 is 0. The summed E-state index contributed by atoms with van der Waals surface area (Å²) in [7, 11) is 0. The molecule has 1 atom stereocenters. The summed E-state index contributed by atoms with van der Waals surface area (Å²) in [5.41, 5.74) is 0. The average molecular weight is 236 g/mol. The van der Waals surface area contributed by atoms with Gasteiger partial charge in [0.15, 0.2) is 5.82 Å². The van der Waals surface area contributed by atoms with Crippen molar-refractivity contribution < 1.29 is 19.1 Å². The van der Waals surface area contributed by atoms with Gasteiger partial charge in [0.1, 0.15) is 6.61 Å². The van der Waals surface area contributed by atoms with Crippen LogP contribution in [0.25, 0.3) is 0 Å². The number of amides is 2. The Morgan fingerprint density at radius 1 is 1.35 bits per heavy atom. The van der Waals surface area contributed by atoms with Crippen LogP contribution < -0.4 is 10.1 Å². The standard InChI is InChI=1S/C9H8N4O4/c14-6-8(13-3-4-16-9(13)15)17-7-5(12-6)10-1-2-11-7/h1-2,8H,3-4H2,(H,10,12,14). The van der Waals surface area contributed by atoms with Crippen molar-refractivity contribution in [3.05, 3.63) is 12.4 Å². The molecule has 88 valence electrons. The first-order valence-electron chi connectivity index (χ1n) is 4.97. The molecular weight excluding hydrogens is 228 g/mol. The number of carbonyl (C=O) groups is 2. The van der Waals surface area contributed by atoms with Gasteiger partial charge in [-0.15, -0.1) is 0 Å². The molecule has 2 aliphatic rings. The minimum atomic E-state index is -1.05. The van der Waals surface area contributed by atoms with E-state index >= 15 is 0 Å². The summed E-state index contributed by atoms with van der Waals surface area (Å²) in [5, 5.41) is 2.52. The minimum Gasteiger partial charge on any atom is -0.447 e. The maximum atomic E-state index is 11.7. The molecule has 1 fully saturated rings. The molecule has 0 saturated carbocycles. The van der Waals surface area contributed by atoms with Gasteiger partial charge in [0.25, 0.3) is 18.0 Å². The number of anilines is 1. The Morgan fingerprint density at radius 2 is 2.18 bits per heavy atom. The lowest BCUT2D eigenvalue weighted by molar-refractivity contribution is -0.129. The Balaban J connectivity index is 1.89. The number of carbonyl (C=O) groups excluding carboxylic acids is 2. The molecule has 0 radical (unpaired) electrons. The van der Waals surface area contributed by atoms with Gasteiger partial charge >= 0.3 is 6.09 Å². The van der Waals surface area contributed by atoms with Gasteiger partial charge in [0.2, 0.25) is 0 Å². The van der Waals surface area contributed by atoms with Crippen molar-refractivity contribution in [2.24, 2.45) is 0 Å². The van der Waals surface area contributed by atoms with E-state index in [1.165, 1.54) is 17.3 Å². The van der Waals surface area contributed by atoms with Crippen LogP contribution in [0.15, 0.2) is 12.4 Å². The van der Waals surface area contributed by atoms with Crippen molar-refractivity contribution in [2.45, 2.75) is 6.23 Å². The highest BCUT2D eigenvalue weighted by atomic mass is 16.6. The van der Waals surface area contributed by atoms with E-state index in [4.69, 9.17) is 9.47 Å². The van der Waals surface area contributed by atoms with Gasteiger partial charge < -0.3 is 14.8 Å². The Morgan fingerprint density at radius 3 is 2.94 bits per heavy atom. The highest BCUT2D eigenvalue weighted by Crippen LogP contribution is 2.25. The second kappa shape index (κ2) is 3.58. The second-order valence-corrected chi connectivity index (χ2v) is 3.48. The fourth-order valence-corrected chi connectivity index (χ4v) is 1.66. The molecule has 1 aromatic heterocycles. The lowest BCUT2D eigenvalue weighted by atomic mass is 10.4. The molecular formula is C9H8N4O4. The van der Waals surface area contributed by atoms with Crippen LogP contribution in [0, 0.1) is 0 Å². The predicted molar refractivity (Wildman–Crippen MR) is 53.1 cm³/mol. The maximum absolute atomic E-state index is 11.7. The summed E-state index contributed by atoms with van der Waals surface area (Å²) in [5.74, 6) is -0.0186. The number of cyclic esters (lactones) is 1. The summed E-state index contributed by atoms with van der Waals surface area (Å²) in [4.78, 5) is 32.1. The summed E-state index contributed by atoms with van der Waals surface area (Å²) in [6, 6.07) is 0. The first-order chi connectivity index (χ1) is 8.25. The SMILES string of the molecule is O=C1Nc2nccnc2OC1N1CCOC1=O. The monoisotopic (exact) mass is 236 g/mol. The molecule has 8 nitrogen and oxygen atoms in total.